The smallest absolute Gasteiger partial charge is 0.106 e. The SMILES string of the molecule is C=O.Sc1ccccn1.Sc1ccccn1. The predicted octanol–water partition coefficient (Wildman–Crippen LogP) is 2.56. The highest BCUT2D eigenvalue weighted by atomic mass is 32.1. The van der Waals surface area contributed by atoms with E-state index in [2.05, 4.69) is 35.2 Å². The second-order valence-electron chi connectivity index (χ2n) is 2.38. The van der Waals surface area contributed by atoms with Crippen molar-refractivity contribution in [1.82, 2.24) is 9.97 Å². The molecule has 0 aliphatic heterocycles. The highest BCUT2D eigenvalue weighted by Crippen LogP contribution is 1.96. The molecule has 0 atom stereocenters. The average molecular weight is 252 g/mol. The maximum atomic E-state index is 8.00. The van der Waals surface area contributed by atoms with Gasteiger partial charge in [0.05, 0.1) is 10.1 Å². The van der Waals surface area contributed by atoms with Gasteiger partial charge in [0.15, 0.2) is 0 Å². The van der Waals surface area contributed by atoms with E-state index in [1.54, 1.807) is 12.4 Å². The Morgan fingerprint density at radius 1 is 0.812 bits per heavy atom. The highest BCUT2D eigenvalue weighted by Gasteiger charge is 1.75. The summed E-state index contributed by atoms with van der Waals surface area (Å²) >= 11 is 7.95. The van der Waals surface area contributed by atoms with Crippen molar-refractivity contribution in [2.45, 2.75) is 10.1 Å². The highest BCUT2D eigenvalue weighted by molar-refractivity contribution is 7.80. The third-order valence-electron chi connectivity index (χ3n) is 1.30. The predicted molar refractivity (Wildman–Crippen MR) is 70.1 cm³/mol. The second-order valence-corrected chi connectivity index (χ2v) is 3.29. The van der Waals surface area contributed by atoms with Gasteiger partial charge in [-0.05, 0) is 24.3 Å². The largest absolute Gasteiger partial charge is 0.307 e. The molecule has 0 spiro atoms. The van der Waals surface area contributed by atoms with E-state index in [1.165, 1.54) is 0 Å². The molecule has 0 N–H and O–H groups in total. The number of hydrogen-bond donors (Lipinski definition) is 2. The number of pyridine rings is 2. The summed E-state index contributed by atoms with van der Waals surface area (Å²) in [6, 6.07) is 11.2. The van der Waals surface area contributed by atoms with Crippen LogP contribution in [0.5, 0.6) is 0 Å². The monoisotopic (exact) mass is 252 g/mol. The molecule has 2 aromatic rings. The van der Waals surface area contributed by atoms with Crippen molar-refractivity contribution >= 4 is 32.0 Å². The Morgan fingerprint density at radius 2 is 1.19 bits per heavy atom. The third-order valence-corrected chi connectivity index (χ3v) is 1.83. The van der Waals surface area contributed by atoms with E-state index in [1.807, 2.05) is 43.2 Å². The minimum absolute atomic E-state index is 0.766. The molecule has 0 saturated heterocycles. The average Bonchev–Trinajstić information content (AvgIpc) is 2.34. The van der Waals surface area contributed by atoms with E-state index in [0.29, 0.717) is 0 Å². The normalized spacial score (nSPS) is 7.88. The van der Waals surface area contributed by atoms with E-state index in [0.717, 1.165) is 10.1 Å². The molecule has 3 nitrogen and oxygen atoms in total. The van der Waals surface area contributed by atoms with E-state index < -0.39 is 0 Å². The third kappa shape index (κ3) is 8.02. The van der Waals surface area contributed by atoms with Crippen LogP contribution >= 0.6 is 25.3 Å². The Morgan fingerprint density at radius 3 is 1.31 bits per heavy atom. The van der Waals surface area contributed by atoms with Gasteiger partial charge in [-0.25, -0.2) is 0 Å². The Kier molecular flexibility index (Phi) is 9.35. The number of carbonyl (C=O) groups excluding carboxylic acids is 1. The lowest BCUT2D eigenvalue weighted by atomic mass is 10.5. The van der Waals surface area contributed by atoms with Crippen LogP contribution in [-0.2, 0) is 4.79 Å². The zero-order valence-electron chi connectivity index (χ0n) is 8.52. The van der Waals surface area contributed by atoms with Crippen LogP contribution in [0.1, 0.15) is 0 Å². The van der Waals surface area contributed by atoms with Crippen LogP contribution in [-0.4, -0.2) is 16.8 Å². The van der Waals surface area contributed by atoms with Crippen LogP contribution in [0.3, 0.4) is 0 Å². The number of hydrogen-bond acceptors (Lipinski definition) is 5. The number of aromatic nitrogens is 2. The van der Waals surface area contributed by atoms with Crippen LogP contribution in [0.15, 0.2) is 58.8 Å². The lowest BCUT2D eigenvalue weighted by Crippen LogP contribution is -1.67. The van der Waals surface area contributed by atoms with Gasteiger partial charge in [-0.1, -0.05) is 12.1 Å². The van der Waals surface area contributed by atoms with Crippen molar-refractivity contribution in [3.05, 3.63) is 48.8 Å². The molecule has 0 aliphatic rings. The summed E-state index contributed by atoms with van der Waals surface area (Å²) in [5.41, 5.74) is 0. The summed E-state index contributed by atoms with van der Waals surface area (Å²) in [6.07, 6.45) is 3.42. The van der Waals surface area contributed by atoms with Gasteiger partial charge in [0.2, 0.25) is 0 Å². The van der Waals surface area contributed by atoms with Crippen LogP contribution in [0, 0.1) is 0 Å². The van der Waals surface area contributed by atoms with Crippen molar-refractivity contribution < 1.29 is 4.79 Å². The molecule has 2 heterocycles. The van der Waals surface area contributed by atoms with Crippen LogP contribution in [0.4, 0.5) is 0 Å². The van der Waals surface area contributed by atoms with Gasteiger partial charge in [0.25, 0.3) is 0 Å². The standard InChI is InChI=1S/2C5H5NS.CH2O/c2*7-5-3-1-2-4-6-5;1-2/h2*1-4H,(H,6,7);1H2. The number of nitrogens with zero attached hydrogens (tertiary/aromatic N) is 2. The molecule has 0 unspecified atom stereocenters. The van der Waals surface area contributed by atoms with Gasteiger partial charge < -0.3 is 4.79 Å². The maximum absolute atomic E-state index is 8.00. The Labute approximate surface area is 106 Å². The van der Waals surface area contributed by atoms with E-state index >= 15 is 0 Å². The fourth-order valence-electron chi connectivity index (χ4n) is 0.707. The summed E-state index contributed by atoms with van der Waals surface area (Å²) in [4.78, 5) is 15.7. The molecule has 0 bridgehead atoms. The molecule has 5 heteroatoms. The lowest BCUT2D eigenvalue weighted by molar-refractivity contribution is -0.0979. The summed E-state index contributed by atoms with van der Waals surface area (Å²) < 4.78 is 0. The molecule has 0 saturated carbocycles. The first-order valence-corrected chi connectivity index (χ1v) is 5.17. The molecule has 2 rings (SSSR count). The van der Waals surface area contributed by atoms with Gasteiger partial charge in [-0.3, -0.25) is 9.97 Å². The van der Waals surface area contributed by atoms with Gasteiger partial charge in [0.1, 0.15) is 6.79 Å². The first-order chi connectivity index (χ1) is 7.79. The summed E-state index contributed by atoms with van der Waals surface area (Å²) in [6.45, 7) is 2.00. The number of carbonyl (C=O) groups is 1. The van der Waals surface area contributed by atoms with Gasteiger partial charge in [-0.15, -0.1) is 25.3 Å². The van der Waals surface area contributed by atoms with E-state index in [-0.39, 0.29) is 0 Å². The molecule has 0 aromatic carbocycles. The minimum atomic E-state index is 0.766. The summed E-state index contributed by atoms with van der Waals surface area (Å²) in [5, 5.41) is 1.53. The van der Waals surface area contributed by atoms with Gasteiger partial charge in [-0.2, -0.15) is 0 Å². The first-order valence-electron chi connectivity index (χ1n) is 4.28. The molecule has 16 heavy (non-hydrogen) atoms. The molecular formula is C11H12N2OS2. The van der Waals surface area contributed by atoms with Crippen molar-refractivity contribution in [2.24, 2.45) is 0 Å². The Hall–Kier alpha value is -1.33. The van der Waals surface area contributed by atoms with Crippen molar-refractivity contribution in [3.8, 4) is 0 Å². The van der Waals surface area contributed by atoms with Crippen molar-refractivity contribution in [2.75, 3.05) is 0 Å². The molecule has 0 amide bonds. The number of thiol groups is 2. The van der Waals surface area contributed by atoms with Crippen molar-refractivity contribution in [3.63, 3.8) is 0 Å². The van der Waals surface area contributed by atoms with Crippen LogP contribution in [0.25, 0.3) is 0 Å². The van der Waals surface area contributed by atoms with Crippen LogP contribution < -0.4 is 0 Å². The maximum Gasteiger partial charge on any atom is 0.106 e. The minimum Gasteiger partial charge on any atom is -0.307 e. The topological polar surface area (TPSA) is 42.9 Å². The summed E-state index contributed by atoms with van der Waals surface area (Å²) in [7, 11) is 0. The molecule has 84 valence electrons. The van der Waals surface area contributed by atoms with Gasteiger partial charge in [0, 0.05) is 12.4 Å². The fraction of sp³-hybridized carbons (Fsp3) is 0. The quantitative estimate of drug-likeness (QED) is 0.708. The zero-order valence-corrected chi connectivity index (χ0v) is 10.3. The molecule has 0 aliphatic carbocycles. The molecular weight excluding hydrogens is 240 g/mol. The molecule has 0 fully saturated rings. The van der Waals surface area contributed by atoms with E-state index in [4.69, 9.17) is 4.79 Å². The number of rotatable bonds is 0. The zero-order chi connectivity index (χ0) is 12.2. The fourth-order valence-corrected chi connectivity index (χ4v) is 1.01. The second kappa shape index (κ2) is 10.2. The Bertz CT molecular complexity index is 333. The first kappa shape index (κ1) is 14.7. The van der Waals surface area contributed by atoms with Gasteiger partial charge >= 0.3 is 0 Å². The Balaban J connectivity index is 0.000000244. The lowest BCUT2D eigenvalue weighted by Gasteiger charge is -1.81. The van der Waals surface area contributed by atoms with Crippen molar-refractivity contribution in [1.29, 1.82) is 0 Å². The molecule has 0 radical (unpaired) electrons. The van der Waals surface area contributed by atoms with E-state index in [9.17, 15) is 0 Å². The van der Waals surface area contributed by atoms with Crippen LogP contribution in [0.2, 0.25) is 0 Å². The molecule has 2 aromatic heterocycles. The summed E-state index contributed by atoms with van der Waals surface area (Å²) in [5.74, 6) is 0.